The molecule has 2 aromatic carbocycles. The van der Waals surface area contributed by atoms with Gasteiger partial charge in [0, 0.05) is 6.54 Å². The average Bonchev–Trinajstić information content (AvgIpc) is 2.55. The van der Waals surface area contributed by atoms with Crippen molar-refractivity contribution in [2.45, 2.75) is 25.1 Å². The molecule has 0 saturated carbocycles. The Morgan fingerprint density at radius 1 is 1.04 bits per heavy atom. The van der Waals surface area contributed by atoms with Gasteiger partial charge in [-0.05, 0) is 23.6 Å². The molecule has 6 heteroatoms. The number of benzene rings is 2. The van der Waals surface area contributed by atoms with E-state index in [-0.39, 0.29) is 24.9 Å². The predicted octanol–water partition coefficient (Wildman–Crippen LogP) is 3.49. The highest BCUT2D eigenvalue weighted by Gasteiger charge is 2.33. The molecule has 2 N–H and O–H groups in total. The van der Waals surface area contributed by atoms with Crippen molar-refractivity contribution in [3.8, 4) is 0 Å². The number of amides is 1. The highest BCUT2D eigenvalue weighted by molar-refractivity contribution is 5.79. The number of hydrogen-bond donors (Lipinski definition) is 2. The number of halogens is 3. The van der Waals surface area contributed by atoms with Crippen LogP contribution in [0, 0.1) is 0 Å². The fraction of sp³-hybridized carbons (Fsp3) is 0.278. The molecule has 0 aromatic heterocycles. The molecule has 0 fully saturated rings. The Bertz CT molecular complexity index is 671. The van der Waals surface area contributed by atoms with Gasteiger partial charge < -0.3 is 10.4 Å². The number of carbonyl (C=O) groups is 1. The van der Waals surface area contributed by atoms with Crippen LogP contribution in [0.3, 0.4) is 0 Å². The molecule has 0 saturated heterocycles. The molecular formula is C18H18F3NO2. The fourth-order valence-electron chi connectivity index (χ4n) is 2.38. The lowest BCUT2D eigenvalue weighted by atomic mass is 10.0. The van der Waals surface area contributed by atoms with Gasteiger partial charge in [0.2, 0.25) is 5.91 Å². The highest BCUT2D eigenvalue weighted by Crippen LogP contribution is 2.31. The van der Waals surface area contributed by atoms with E-state index in [9.17, 15) is 23.1 Å². The van der Waals surface area contributed by atoms with Crippen molar-refractivity contribution in [2.75, 3.05) is 6.54 Å². The third-order valence-corrected chi connectivity index (χ3v) is 3.60. The number of aliphatic hydroxyl groups excluding tert-OH is 1. The predicted molar refractivity (Wildman–Crippen MR) is 84.2 cm³/mol. The number of hydrogen-bond acceptors (Lipinski definition) is 2. The van der Waals surface area contributed by atoms with E-state index in [2.05, 4.69) is 5.32 Å². The van der Waals surface area contributed by atoms with Crippen molar-refractivity contribution < 1.29 is 23.1 Å². The second-order valence-corrected chi connectivity index (χ2v) is 5.40. The lowest BCUT2D eigenvalue weighted by Crippen LogP contribution is -2.28. The second kappa shape index (κ2) is 7.97. The van der Waals surface area contributed by atoms with Crippen LogP contribution in [0.25, 0.3) is 0 Å². The first kappa shape index (κ1) is 18.0. The molecule has 2 aromatic rings. The Balaban J connectivity index is 1.86. The zero-order valence-electron chi connectivity index (χ0n) is 12.9. The SMILES string of the molecule is O=C(Cc1ccccc1C(F)(F)F)NCCC(O)c1ccccc1. The van der Waals surface area contributed by atoms with E-state index >= 15 is 0 Å². The average molecular weight is 337 g/mol. The van der Waals surface area contributed by atoms with Crippen molar-refractivity contribution in [1.82, 2.24) is 5.32 Å². The summed E-state index contributed by atoms with van der Waals surface area (Å²) in [7, 11) is 0. The van der Waals surface area contributed by atoms with E-state index in [4.69, 9.17) is 0 Å². The molecule has 1 atom stereocenters. The summed E-state index contributed by atoms with van der Waals surface area (Å²) in [5.41, 5.74) is -0.134. The summed E-state index contributed by atoms with van der Waals surface area (Å²) >= 11 is 0. The molecule has 128 valence electrons. The maximum absolute atomic E-state index is 12.9. The standard InChI is InChI=1S/C18H18F3NO2/c19-18(20,21)15-9-5-4-8-14(15)12-17(24)22-11-10-16(23)13-6-2-1-3-7-13/h1-9,16,23H,10-12H2,(H,22,24). The molecular weight excluding hydrogens is 319 g/mol. The summed E-state index contributed by atoms with van der Waals surface area (Å²) < 4.78 is 38.6. The van der Waals surface area contributed by atoms with Gasteiger partial charge in [-0.1, -0.05) is 48.5 Å². The summed E-state index contributed by atoms with van der Waals surface area (Å²) in [6.07, 6.45) is -5.28. The largest absolute Gasteiger partial charge is 0.416 e. The van der Waals surface area contributed by atoms with E-state index in [0.717, 1.165) is 11.6 Å². The monoisotopic (exact) mass is 337 g/mol. The summed E-state index contributed by atoms with van der Waals surface area (Å²) in [4.78, 5) is 11.8. The maximum Gasteiger partial charge on any atom is 0.416 e. The van der Waals surface area contributed by atoms with Crippen molar-refractivity contribution in [1.29, 1.82) is 0 Å². The van der Waals surface area contributed by atoms with Crippen LogP contribution in [-0.2, 0) is 17.4 Å². The second-order valence-electron chi connectivity index (χ2n) is 5.40. The first-order chi connectivity index (χ1) is 11.4. The molecule has 0 aliphatic carbocycles. The smallest absolute Gasteiger partial charge is 0.388 e. The summed E-state index contributed by atoms with van der Waals surface area (Å²) in [5, 5.41) is 12.5. The Morgan fingerprint density at radius 2 is 1.67 bits per heavy atom. The Morgan fingerprint density at radius 3 is 2.33 bits per heavy atom. The van der Waals surface area contributed by atoms with Crippen molar-refractivity contribution >= 4 is 5.91 Å². The van der Waals surface area contributed by atoms with E-state index in [1.54, 1.807) is 24.3 Å². The van der Waals surface area contributed by atoms with Crippen LogP contribution >= 0.6 is 0 Å². The van der Waals surface area contributed by atoms with Crippen LogP contribution in [0.4, 0.5) is 13.2 Å². The summed E-state index contributed by atoms with van der Waals surface area (Å²) in [5.74, 6) is -0.507. The molecule has 0 heterocycles. The van der Waals surface area contributed by atoms with Crippen molar-refractivity contribution in [3.05, 3.63) is 71.3 Å². The zero-order chi connectivity index (χ0) is 17.6. The summed E-state index contributed by atoms with van der Waals surface area (Å²) in [6, 6.07) is 14.0. The van der Waals surface area contributed by atoms with Crippen molar-refractivity contribution in [2.24, 2.45) is 0 Å². The fourth-order valence-corrected chi connectivity index (χ4v) is 2.38. The van der Waals surface area contributed by atoms with Crippen LogP contribution in [-0.4, -0.2) is 17.6 Å². The van der Waals surface area contributed by atoms with Gasteiger partial charge >= 0.3 is 6.18 Å². The van der Waals surface area contributed by atoms with Crippen LogP contribution in [0.15, 0.2) is 54.6 Å². The topological polar surface area (TPSA) is 49.3 Å². The van der Waals surface area contributed by atoms with Gasteiger partial charge in [-0.25, -0.2) is 0 Å². The van der Waals surface area contributed by atoms with Crippen LogP contribution in [0.5, 0.6) is 0 Å². The first-order valence-electron chi connectivity index (χ1n) is 7.52. The van der Waals surface area contributed by atoms with Gasteiger partial charge in [-0.3, -0.25) is 4.79 Å². The minimum Gasteiger partial charge on any atom is -0.388 e. The highest BCUT2D eigenvalue weighted by atomic mass is 19.4. The number of alkyl halides is 3. The van der Waals surface area contributed by atoms with Gasteiger partial charge in [-0.2, -0.15) is 13.2 Å². The first-order valence-corrected chi connectivity index (χ1v) is 7.52. The van der Waals surface area contributed by atoms with Gasteiger partial charge in [-0.15, -0.1) is 0 Å². The molecule has 0 spiro atoms. The Hall–Kier alpha value is -2.34. The van der Waals surface area contributed by atoms with Gasteiger partial charge in [0.25, 0.3) is 0 Å². The number of nitrogens with one attached hydrogen (secondary N) is 1. The lowest BCUT2D eigenvalue weighted by Gasteiger charge is -2.14. The molecule has 24 heavy (non-hydrogen) atoms. The van der Waals surface area contributed by atoms with Crippen LogP contribution < -0.4 is 5.32 Å². The normalized spacial score (nSPS) is 12.7. The van der Waals surface area contributed by atoms with Crippen LogP contribution in [0.1, 0.15) is 29.2 Å². The van der Waals surface area contributed by atoms with E-state index in [1.807, 2.05) is 6.07 Å². The van der Waals surface area contributed by atoms with Crippen LogP contribution in [0.2, 0.25) is 0 Å². The quantitative estimate of drug-likeness (QED) is 0.848. The third-order valence-electron chi connectivity index (χ3n) is 3.60. The van der Waals surface area contributed by atoms with Gasteiger partial charge in [0.15, 0.2) is 0 Å². The van der Waals surface area contributed by atoms with E-state index in [1.165, 1.54) is 18.2 Å². The Kier molecular flexibility index (Phi) is 5.98. The maximum atomic E-state index is 12.9. The number of aliphatic hydroxyl groups is 1. The number of rotatable bonds is 6. The van der Waals surface area contributed by atoms with Gasteiger partial charge in [0.1, 0.15) is 0 Å². The van der Waals surface area contributed by atoms with E-state index in [0.29, 0.717) is 0 Å². The minimum atomic E-state index is -4.49. The Labute approximate surface area is 138 Å². The number of carbonyl (C=O) groups excluding carboxylic acids is 1. The van der Waals surface area contributed by atoms with Gasteiger partial charge in [0.05, 0.1) is 18.1 Å². The molecule has 1 amide bonds. The molecule has 0 aliphatic heterocycles. The minimum absolute atomic E-state index is 0.0638. The lowest BCUT2D eigenvalue weighted by molar-refractivity contribution is -0.138. The molecule has 0 radical (unpaired) electrons. The third kappa shape index (κ3) is 5.09. The molecule has 0 bridgehead atoms. The zero-order valence-corrected chi connectivity index (χ0v) is 12.9. The molecule has 0 aliphatic rings. The van der Waals surface area contributed by atoms with E-state index < -0.39 is 23.8 Å². The molecule has 3 nitrogen and oxygen atoms in total. The summed E-state index contributed by atoms with van der Waals surface area (Å²) in [6.45, 7) is 0.184. The van der Waals surface area contributed by atoms with Crippen molar-refractivity contribution in [3.63, 3.8) is 0 Å². The molecule has 1 unspecified atom stereocenters. The molecule has 2 rings (SSSR count).